The molecule has 2 N–H and O–H groups in total. The monoisotopic (exact) mass is 377 g/mol. The van der Waals surface area contributed by atoms with E-state index in [9.17, 15) is 4.79 Å². The van der Waals surface area contributed by atoms with E-state index < -0.39 is 0 Å². The summed E-state index contributed by atoms with van der Waals surface area (Å²) in [4.78, 5) is 14.8. The summed E-state index contributed by atoms with van der Waals surface area (Å²) in [6.45, 7) is 4.45. The fraction of sp³-hybridized carbons (Fsp3) is 0.267. The van der Waals surface area contributed by atoms with Gasteiger partial charge < -0.3 is 9.84 Å². The lowest BCUT2D eigenvalue weighted by Gasteiger charge is -2.03. The number of nitrogens with zero attached hydrogens (tertiary/aromatic N) is 3. The van der Waals surface area contributed by atoms with Crippen LogP contribution in [0.25, 0.3) is 0 Å². The molecule has 8 heteroatoms. The molecule has 0 saturated heterocycles. The quantitative estimate of drug-likeness (QED) is 0.713. The Kier molecular flexibility index (Phi) is 4.33. The van der Waals surface area contributed by atoms with Crippen LogP contribution in [0.1, 0.15) is 22.8 Å². The van der Waals surface area contributed by atoms with Crippen LogP contribution in [0.15, 0.2) is 38.1 Å². The molecule has 0 bridgehead atoms. The molecule has 0 saturated carbocycles. The molecular formula is C15H16BrN5O2. The number of hydrogen-bond donors (Lipinski definition) is 2. The molecule has 1 aromatic carbocycles. The van der Waals surface area contributed by atoms with Gasteiger partial charge in [-0.25, -0.2) is 9.48 Å². The summed E-state index contributed by atoms with van der Waals surface area (Å²) in [7, 11) is 0. The molecule has 2 heterocycles. The molecule has 7 nitrogen and oxygen atoms in total. The largest absolute Gasteiger partial charge is 0.378 e. The molecule has 0 fully saturated rings. The predicted octanol–water partition coefficient (Wildman–Crippen LogP) is 2.60. The molecule has 0 spiro atoms. The Morgan fingerprint density at radius 3 is 2.70 bits per heavy atom. The number of aromatic nitrogens is 4. The Morgan fingerprint density at radius 1 is 1.30 bits per heavy atom. The molecule has 0 atom stereocenters. The van der Waals surface area contributed by atoms with Crippen molar-refractivity contribution in [1.82, 2.24) is 19.9 Å². The van der Waals surface area contributed by atoms with Crippen LogP contribution in [0, 0.1) is 13.8 Å². The van der Waals surface area contributed by atoms with Gasteiger partial charge in [-0.1, -0.05) is 21.1 Å². The normalized spacial score (nSPS) is 10.9. The minimum Gasteiger partial charge on any atom is -0.378 e. The standard InChI is InChI=1S/C15H16BrN5O2/c1-9-13(10(2)23-20-9)8-21-15(22)18-14(19-21)7-17-12-5-3-11(16)4-6-12/h3-6,17H,7-8H2,1-2H3,(H,18,19,22). The van der Waals surface area contributed by atoms with E-state index in [1.54, 1.807) is 0 Å². The second kappa shape index (κ2) is 6.41. The minimum atomic E-state index is -0.252. The van der Waals surface area contributed by atoms with Gasteiger partial charge in [0, 0.05) is 15.7 Å². The van der Waals surface area contributed by atoms with Crippen molar-refractivity contribution >= 4 is 21.6 Å². The van der Waals surface area contributed by atoms with E-state index >= 15 is 0 Å². The van der Waals surface area contributed by atoms with Gasteiger partial charge in [0.05, 0.1) is 18.8 Å². The summed E-state index contributed by atoms with van der Waals surface area (Å²) < 4.78 is 7.50. The first-order chi connectivity index (χ1) is 11.0. The van der Waals surface area contributed by atoms with Gasteiger partial charge in [0.1, 0.15) is 11.6 Å². The molecule has 3 aromatic rings. The zero-order valence-electron chi connectivity index (χ0n) is 12.8. The Bertz CT molecular complexity index is 843. The molecule has 0 aliphatic carbocycles. The van der Waals surface area contributed by atoms with Crippen molar-refractivity contribution in [3.63, 3.8) is 0 Å². The molecule has 0 radical (unpaired) electrons. The molecule has 3 rings (SSSR count). The highest BCUT2D eigenvalue weighted by atomic mass is 79.9. The van der Waals surface area contributed by atoms with E-state index in [0.29, 0.717) is 24.7 Å². The predicted molar refractivity (Wildman–Crippen MR) is 89.4 cm³/mol. The number of hydrogen-bond acceptors (Lipinski definition) is 5. The van der Waals surface area contributed by atoms with Crippen molar-refractivity contribution in [3.8, 4) is 0 Å². The fourth-order valence-electron chi connectivity index (χ4n) is 2.22. The van der Waals surface area contributed by atoms with E-state index in [1.165, 1.54) is 4.68 Å². The number of halogens is 1. The lowest BCUT2D eigenvalue weighted by atomic mass is 10.2. The maximum atomic E-state index is 12.0. The number of rotatable bonds is 5. The second-order valence-electron chi connectivity index (χ2n) is 5.20. The Labute approximate surface area is 140 Å². The second-order valence-corrected chi connectivity index (χ2v) is 6.11. The number of aryl methyl sites for hydroxylation is 2. The average Bonchev–Trinajstić information content (AvgIpc) is 3.04. The summed E-state index contributed by atoms with van der Waals surface area (Å²) in [5.41, 5.74) is 2.35. The summed E-state index contributed by atoms with van der Waals surface area (Å²) in [6, 6.07) is 7.79. The zero-order chi connectivity index (χ0) is 16.4. The fourth-order valence-corrected chi connectivity index (χ4v) is 2.49. The first-order valence-electron chi connectivity index (χ1n) is 7.10. The van der Waals surface area contributed by atoms with Gasteiger partial charge in [-0.05, 0) is 38.1 Å². The molecule has 23 heavy (non-hydrogen) atoms. The van der Waals surface area contributed by atoms with Gasteiger partial charge in [-0.15, -0.1) is 0 Å². The van der Waals surface area contributed by atoms with Crippen LogP contribution in [-0.2, 0) is 13.1 Å². The third kappa shape index (κ3) is 3.53. The summed E-state index contributed by atoms with van der Waals surface area (Å²) in [5, 5.41) is 11.4. The molecule has 0 aliphatic heterocycles. The first-order valence-corrected chi connectivity index (χ1v) is 7.89. The van der Waals surface area contributed by atoms with E-state index in [0.717, 1.165) is 21.4 Å². The van der Waals surface area contributed by atoms with E-state index in [2.05, 4.69) is 36.5 Å². The van der Waals surface area contributed by atoms with Gasteiger partial charge in [-0.2, -0.15) is 5.10 Å². The maximum absolute atomic E-state index is 12.0. The smallest absolute Gasteiger partial charge is 0.343 e. The Morgan fingerprint density at radius 2 is 2.04 bits per heavy atom. The molecular weight excluding hydrogens is 362 g/mol. The number of H-pyrrole nitrogens is 1. The van der Waals surface area contributed by atoms with Crippen molar-refractivity contribution in [3.05, 3.63) is 62.1 Å². The highest BCUT2D eigenvalue weighted by Gasteiger charge is 2.13. The van der Waals surface area contributed by atoms with Crippen LogP contribution in [0.5, 0.6) is 0 Å². The van der Waals surface area contributed by atoms with Gasteiger partial charge >= 0.3 is 5.69 Å². The van der Waals surface area contributed by atoms with Gasteiger partial charge in [-0.3, -0.25) is 4.98 Å². The third-order valence-electron chi connectivity index (χ3n) is 3.52. The van der Waals surface area contributed by atoms with Crippen molar-refractivity contribution < 1.29 is 4.52 Å². The molecule has 0 unspecified atom stereocenters. The topological polar surface area (TPSA) is 88.7 Å². The number of nitrogens with one attached hydrogen (secondary N) is 2. The third-order valence-corrected chi connectivity index (χ3v) is 4.05. The lowest BCUT2D eigenvalue weighted by Crippen LogP contribution is -2.19. The minimum absolute atomic E-state index is 0.252. The van der Waals surface area contributed by atoms with Crippen molar-refractivity contribution in [2.45, 2.75) is 26.9 Å². The maximum Gasteiger partial charge on any atom is 0.343 e. The average molecular weight is 378 g/mol. The SMILES string of the molecule is Cc1noc(C)c1Cn1nc(CNc2ccc(Br)cc2)[nH]c1=O. The van der Waals surface area contributed by atoms with Gasteiger partial charge in [0.2, 0.25) is 0 Å². The Hall–Kier alpha value is -2.35. The van der Waals surface area contributed by atoms with E-state index in [-0.39, 0.29) is 5.69 Å². The molecule has 2 aromatic heterocycles. The molecule has 0 amide bonds. The van der Waals surface area contributed by atoms with Crippen LogP contribution in [0.4, 0.5) is 5.69 Å². The molecule has 0 aliphatic rings. The highest BCUT2D eigenvalue weighted by molar-refractivity contribution is 9.10. The van der Waals surface area contributed by atoms with Crippen LogP contribution in [-0.4, -0.2) is 19.9 Å². The summed E-state index contributed by atoms with van der Waals surface area (Å²) in [6.07, 6.45) is 0. The number of aromatic amines is 1. The summed E-state index contributed by atoms with van der Waals surface area (Å²) >= 11 is 3.39. The lowest BCUT2D eigenvalue weighted by molar-refractivity contribution is 0.391. The van der Waals surface area contributed by atoms with E-state index in [1.807, 2.05) is 38.1 Å². The Balaban J connectivity index is 1.71. The van der Waals surface area contributed by atoms with Crippen molar-refractivity contribution in [2.75, 3.05) is 5.32 Å². The van der Waals surface area contributed by atoms with Gasteiger partial charge in [0.25, 0.3) is 0 Å². The first kappa shape index (κ1) is 15.5. The summed E-state index contributed by atoms with van der Waals surface area (Å²) in [5.74, 6) is 1.27. The van der Waals surface area contributed by atoms with Gasteiger partial charge in [0.15, 0.2) is 0 Å². The number of anilines is 1. The molecule has 120 valence electrons. The highest BCUT2D eigenvalue weighted by Crippen LogP contribution is 2.15. The van der Waals surface area contributed by atoms with Crippen LogP contribution in [0.2, 0.25) is 0 Å². The van der Waals surface area contributed by atoms with E-state index in [4.69, 9.17) is 4.52 Å². The van der Waals surface area contributed by atoms with Crippen LogP contribution < -0.4 is 11.0 Å². The number of benzene rings is 1. The van der Waals surface area contributed by atoms with Crippen LogP contribution >= 0.6 is 15.9 Å². The van der Waals surface area contributed by atoms with Crippen molar-refractivity contribution in [1.29, 1.82) is 0 Å². The van der Waals surface area contributed by atoms with Crippen molar-refractivity contribution in [2.24, 2.45) is 0 Å². The zero-order valence-corrected chi connectivity index (χ0v) is 14.3. The van der Waals surface area contributed by atoms with Crippen LogP contribution in [0.3, 0.4) is 0 Å².